The number of nitrogens with two attached hydrogens (primary N) is 2. The molecule has 4 N–H and O–H groups in total. The van der Waals surface area contributed by atoms with Crippen LogP contribution in [0.25, 0.3) is 0 Å². The molecule has 0 aromatic heterocycles. The SMILES string of the molecule is CC(N)CN.[Na].[Na].[Na].[Na].[Na].[Na]. The molecule has 0 aromatic carbocycles. The molecule has 38 valence electrons. The zero-order valence-electron chi connectivity index (χ0n) is 9.44. The zero-order chi connectivity index (χ0) is 4.28. The van der Waals surface area contributed by atoms with E-state index in [1.165, 1.54) is 0 Å². The zero-order valence-corrected chi connectivity index (χ0v) is 21.4. The van der Waals surface area contributed by atoms with Crippen LogP contribution in [-0.4, -0.2) is 190 Å². The maximum absolute atomic E-state index is 5.17. The van der Waals surface area contributed by atoms with Crippen molar-refractivity contribution in [3.05, 3.63) is 0 Å². The van der Waals surface area contributed by atoms with Gasteiger partial charge in [0.25, 0.3) is 0 Å². The van der Waals surface area contributed by atoms with Gasteiger partial charge in [0.2, 0.25) is 0 Å². The van der Waals surface area contributed by atoms with Gasteiger partial charge in [-0.05, 0) is 6.92 Å². The van der Waals surface area contributed by atoms with Gasteiger partial charge in [-0.25, -0.2) is 0 Å². The van der Waals surface area contributed by atoms with Crippen molar-refractivity contribution in [3.63, 3.8) is 0 Å². The first-order valence-corrected chi connectivity index (χ1v) is 1.73. The van der Waals surface area contributed by atoms with Gasteiger partial charge in [0.1, 0.15) is 0 Å². The molecule has 0 saturated heterocycles. The van der Waals surface area contributed by atoms with Gasteiger partial charge in [0, 0.05) is 190 Å². The molecule has 2 nitrogen and oxygen atoms in total. The van der Waals surface area contributed by atoms with Crippen LogP contribution in [0.2, 0.25) is 0 Å². The molecule has 0 amide bonds. The molecule has 0 aliphatic carbocycles. The molecule has 0 fully saturated rings. The van der Waals surface area contributed by atoms with Gasteiger partial charge >= 0.3 is 0 Å². The summed E-state index contributed by atoms with van der Waals surface area (Å²) >= 11 is 0. The van der Waals surface area contributed by atoms with E-state index in [2.05, 4.69) is 0 Å². The fraction of sp³-hybridized carbons (Fsp3) is 1.00. The summed E-state index contributed by atoms with van der Waals surface area (Å²) in [6.07, 6.45) is 0. The van der Waals surface area contributed by atoms with Gasteiger partial charge in [-0.15, -0.1) is 0 Å². The van der Waals surface area contributed by atoms with E-state index in [4.69, 9.17) is 11.5 Å². The standard InChI is InChI=1S/C3H10N2.6Na/c1-3(5)2-4;;;;;;/h3H,2,4-5H2,1H3;;;;;;. The van der Waals surface area contributed by atoms with E-state index < -0.39 is 0 Å². The number of hydrogen-bond acceptors (Lipinski definition) is 2. The predicted octanol–water partition coefficient (Wildman–Crippen LogP) is -2.99. The van der Waals surface area contributed by atoms with Gasteiger partial charge in [-0.3, -0.25) is 0 Å². The maximum Gasteiger partial charge on any atom is 0.0134 e. The predicted molar refractivity (Wildman–Crippen MR) is 57.2 cm³/mol. The minimum Gasteiger partial charge on any atom is -0.329 e. The smallest absolute Gasteiger partial charge is 0.0134 e. The third kappa shape index (κ3) is 49.2. The van der Waals surface area contributed by atoms with Crippen LogP contribution >= 0.6 is 0 Å². The molecule has 0 heterocycles. The Labute approximate surface area is 203 Å². The average molecular weight is 212 g/mol. The normalized spacial score (nSPS) is 6.82. The van der Waals surface area contributed by atoms with E-state index in [1.54, 1.807) is 0 Å². The Bertz CT molecular complexity index is 29.8. The Morgan fingerprint density at radius 3 is 1.00 bits per heavy atom. The second-order valence-corrected chi connectivity index (χ2v) is 1.21. The third-order valence-corrected chi connectivity index (χ3v) is 0.372. The van der Waals surface area contributed by atoms with Crippen LogP contribution in [0.15, 0.2) is 0 Å². The fourth-order valence-electron chi connectivity index (χ4n) is 0. The summed E-state index contributed by atoms with van der Waals surface area (Å²) in [5.41, 5.74) is 10.2. The van der Waals surface area contributed by atoms with Gasteiger partial charge in [0.15, 0.2) is 0 Å². The molecular weight excluding hydrogens is 202 g/mol. The van der Waals surface area contributed by atoms with Crippen LogP contribution in [-0.2, 0) is 0 Å². The number of rotatable bonds is 1. The summed E-state index contributed by atoms with van der Waals surface area (Å²) in [5, 5.41) is 0. The van der Waals surface area contributed by atoms with E-state index in [0.29, 0.717) is 6.54 Å². The minimum atomic E-state index is 0. The summed E-state index contributed by atoms with van der Waals surface area (Å²) in [6, 6.07) is 0.162. The van der Waals surface area contributed by atoms with E-state index in [9.17, 15) is 0 Å². The van der Waals surface area contributed by atoms with Gasteiger partial charge in [-0.1, -0.05) is 0 Å². The summed E-state index contributed by atoms with van der Waals surface area (Å²) in [6.45, 7) is 2.46. The van der Waals surface area contributed by atoms with Crippen LogP contribution in [0, 0.1) is 0 Å². The van der Waals surface area contributed by atoms with E-state index in [0.717, 1.165) is 0 Å². The molecule has 0 aliphatic rings. The van der Waals surface area contributed by atoms with Gasteiger partial charge < -0.3 is 11.5 Å². The van der Waals surface area contributed by atoms with E-state index >= 15 is 0 Å². The van der Waals surface area contributed by atoms with Crippen molar-refractivity contribution in [1.82, 2.24) is 0 Å². The molecule has 11 heavy (non-hydrogen) atoms. The Morgan fingerprint density at radius 1 is 0.909 bits per heavy atom. The molecule has 6 radical (unpaired) electrons. The molecule has 0 bridgehead atoms. The maximum atomic E-state index is 5.17. The van der Waals surface area contributed by atoms with Crippen molar-refractivity contribution in [2.24, 2.45) is 11.5 Å². The van der Waals surface area contributed by atoms with Crippen LogP contribution in [0.3, 0.4) is 0 Å². The summed E-state index contributed by atoms with van der Waals surface area (Å²) < 4.78 is 0. The average Bonchev–Trinajstić information content (AvgIpc) is 1.38. The molecule has 1 atom stereocenters. The second-order valence-electron chi connectivity index (χ2n) is 1.21. The van der Waals surface area contributed by atoms with Crippen molar-refractivity contribution in [2.45, 2.75) is 13.0 Å². The van der Waals surface area contributed by atoms with E-state index in [-0.39, 0.29) is 183 Å². The van der Waals surface area contributed by atoms with Crippen LogP contribution in [0.1, 0.15) is 6.92 Å². The van der Waals surface area contributed by atoms with Crippen LogP contribution < -0.4 is 11.5 Å². The second kappa shape index (κ2) is 36.0. The first-order chi connectivity index (χ1) is 2.27. The summed E-state index contributed by atoms with van der Waals surface area (Å²) in [7, 11) is 0. The van der Waals surface area contributed by atoms with Crippen molar-refractivity contribution < 1.29 is 0 Å². The van der Waals surface area contributed by atoms with Crippen LogP contribution in [0.5, 0.6) is 0 Å². The van der Waals surface area contributed by atoms with Crippen molar-refractivity contribution in [3.8, 4) is 0 Å². The van der Waals surface area contributed by atoms with Crippen molar-refractivity contribution >= 4 is 177 Å². The number of hydrogen-bond donors (Lipinski definition) is 2. The molecule has 1 unspecified atom stereocenters. The van der Waals surface area contributed by atoms with Gasteiger partial charge in [0.05, 0.1) is 0 Å². The molecule has 0 aromatic rings. The van der Waals surface area contributed by atoms with Crippen molar-refractivity contribution in [1.29, 1.82) is 0 Å². The molecule has 0 aliphatic heterocycles. The summed E-state index contributed by atoms with van der Waals surface area (Å²) in [5.74, 6) is 0. The Balaban J connectivity index is -0.00000000533. The third-order valence-electron chi connectivity index (χ3n) is 0.372. The van der Waals surface area contributed by atoms with Crippen molar-refractivity contribution in [2.75, 3.05) is 6.54 Å². The van der Waals surface area contributed by atoms with Crippen LogP contribution in [0.4, 0.5) is 0 Å². The van der Waals surface area contributed by atoms with Gasteiger partial charge in [-0.2, -0.15) is 0 Å². The molecule has 0 spiro atoms. The molecular formula is C3H10N2Na6. The molecule has 8 heteroatoms. The first kappa shape index (κ1) is 43.6. The monoisotopic (exact) mass is 212 g/mol. The molecule has 0 saturated carbocycles. The topological polar surface area (TPSA) is 52.0 Å². The Morgan fingerprint density at radius 2 is 1.00 bits per heavy atom. The minimum absolute atomic E-state index is 0. The largest absolute Gasteiger partial charge is 0.329 e. The summed E-state index contributed by atoms with van der Waals surface area (Å²) in [4.78, 5) is 0. The molecule has 0 rings (SSSR count). The quantitative estimate of drug-likeness (QED) is 0.455. The fourth-order valence-corrected chi connectivity index (χ4v) is 0. The Kier molecular flexibility index (Phi) is 143. The first-order valence-electron chi connectivity index (χ1n) is 1.73. The Hall–Kier alpha value is 5.92. The van der Waals surface area contributed by atoms with E-state index in [1.807, 2.05) is 6.92 Å².